The number of nitrogens with zero attached hydrogens (tertiary/aromatic N) is 4. The van der Waals surface area contributed by atoms with E-state index >= 15 is 0 Å². The largest absolute Gasteiger partial charge is 0.454 e. The van der Waals surface area contributed by atoms with Crippen LogP contribution in [0.5, 0.6) is 0 Å². The summed E-state index contributed by atoms with van der Waals surface area (Å²) < 4.78 is 10.9. The predicted octanol–water partition coefficient (Wildman–Crippen LogP) is 8.57. The van der Waals surface area contributed by atoms with Crippen molar-refractivity contribution in [3.05, 3.63) is 121 Å². The number of rotatable bonds is 2. The van der Waals surface area contributed by atoms with E-state index in [2.05, 4.69) is 94.1 Å². The highest BCUT2D eigenvalue weighted by Gasteiger charge is 2.22. The summed E-state index contributed by atoms with van der Waals surface area (Å²) in [6, 6.07) is 39.7. The number of pyridine rings is 1. The van der Waals surface area contributed by atoms with Crippen molar-refractivity contribution < 1.29 is 4.42 Å². The molecule has 0 N–H and O–H groups in total. The fourth-order valence-electron chi connectivity index (χ4n) is 6.09. The van der Waals surface area contributed by atoms with E-state index in [4.69, 9.17) is 14.4 Å². The van der Waals surface area contributed by atoms with Crippen molar-refractivity contribution in [2.75, 3.05) is 0 Å². The van der Waals surface area contributed by atoms with Crippen LogP contribution in [0.3, 0.4) is 0 Å². The maximum atomic E-state index is 6.38. The summed E-state index contributed by atoms with van der Waals surface area (Å²) in [4.78, 5) is 10.2. The SMILES string of the molecule is c1ccc(-n2c(-n3c4ccccc4c4cnc5c(ccc6c7ccccc7oc65)c43)nc3ccccc32)cc1. The quantitative estimate of drug-likeness (QED) is 0.239. The van der Waals surface area contributed by atoms with E-state index < -0.39 is 0 Å². The molecule has 0 bridgehead atoms. The lowest BCUT2D eigenvalue weighted by atomic mass is 10.1. The Bertz CT molecular complexity index is 2390. The molecule has 5 aromatic carbocycles. The number of benzene rings is 5. The molecule has 0 saturated heterocycles. The highest BCUT2D eigenvalue weighted by molar-refractivity contribution is 6.23. The number of imidazole rings is 1. The van der Waals surface area contributed by atoms with Crippen LogP contribution in [0.4, 0.5) is 0 Å². The number of furan rings is 1. The summed E-state index contributed by atoms with van der Waals surface area (Å²) in [6.45, 7) is 0. The fourth-order valence-corrected chi connectivity index (χ4v) is 6.09. The van der Waals surface area contributed by atoms with Gasteiger partial charge in [-0.05, 0) is 48.5 Å². The monoisotopic (exact) mass is 500 g/mol. The zero-order valence-electron chi connectivity index (χ0n) is 20.7. The molecule has 0 aliphatic rings. The average molecular weight is 501 g/mol. The number of hydrogen-bond donors (Lipinski definition) is 0. The summed E-state index contributed by atoms with van der Waals surface area (Å²) >= 11 is 0. The zero-order chi connectivity index (χ0) is 25.5. The second-order valence-electron chi connectivity index (χ2n) is 9.88. The molecule has 0 aliphatic carbocycles. The molecule has 0 unspecified atom stereocenters. The zero-order valence-corrected chi connectivity index (χ0v) is 20.7. The van der Waals surface area contributed by atoms with E-state index in [-0.39, 0.29) is 0 Å². The second-order valence-corrected chi connectivity index (χ2v) is 9.88. The average Bonchev–Trinajstić information content (AvgIpc) is 3.67. The van der Waals surface area contributed by atoms with Crippen LogP contribution >= 0.6 is 0 Å². The van der Waals surface area contributed by atoms with Crippen molar-refractivity contribution in [2.45, 2.75) is 0 Å². The molecule has 9 aromatic rings. The van der Waals surface area contributed by atoms with Gasteiger partial charge < -0.3 is 4.42 Å². The Morgan fingerprint density at radius 1 is 0.538 bits per heavy atom. The van der Waals surface area contributed by atoms with Crippen LogP contribution in [0.25, 0.3) is 77.3 Å². The summed E-state index contributed by atoms with van der Waals surface area (Å²) in [5.74, 6) is 0.839. The van der Waals surface area contributed by atoms with E-state index in [1.54, 1.807) is 0 Å². The van der Waals surface area contributed by atoms with Crippen LogP contribution in [-0.4, -0.2) is 19.1 Å². The Labute approximate surface area is 222 Å². The molecule has 5 nitrogen and oxygen atoms in total. The highest BCUT2D eigenvalue weighted by Crippen LogP contribution is 2.40. The van der Waals surface area contributed by atoms with Crippen LogP contribution in [0.1, 0.15) is 0 Å². The van der Waals surface area contributed by atoms with Gasteiger partial charge in [0.2, 0.25) is 5.95 Å². The molecule has 0 spiro atoms. The van der Waals surface area contributed by atoms with Gasteiger partial charge in [0, 0.05) is 38.8 Å². The smallest absolute Gasteiger partial charge is 0.220 e. The molecular weight excluding hydrogens is 480 g/mol. The lowest BCUT2D eigenvalue weighted by Crippen LogP contribution is -2.05. The van der Waals surface area contributed by atoms with E-state index in [1.807, 2.05) is 36.5 Å². The van der Waals surface area contributed by atoms with Crippen LogP contribution in [0.2, 0.25) is 0 Å². The first-order valence-corrected chi connectivity index (χ1v) is 13.0. The van der Waals surface area contributed by atoms with Crippen molar-refractivity contribution in [3.8, 4) is 11.6 Å². The van der Waals surface area contributed by atoms with Gasteiger partial charge in [-0.25, -0.2) is 4.98 Å². The molecule has 0 saturated carbocycles. The first-order valence-electron chi connectivity index (χ1n) is 13.0. The van der Waals surface area contributed by atoms with Crippen molar-refractivity contribution in [1.29, 1.82) is 0 Å². The van der Waals surface area contributed by atoms with E-state index in [1.165, 1.54) is 0 Å². The molecule has 9 rings (SSSR count). The standard InChI is InChI=1S/C34H20N4O/c1-2-10-21(11-3-1)37-29-16-8-6-14-27(29)36-34(37)38-28-15-7-4-12-22(28)26-20-35-31-25(32(26)38)19-18-24-23-13-5-9-17-30(23)39-33(24)31/h1-20H. The molecule has 0 fully saturated rings. The van der Waals surface area contributed by atoms with Gasteiger partial charge in [0.05, 0.1) is 22.1 Å². The second kappa shape index (κ2) is 7.55. The minimum absolute atomic E-state index is 0.809. The maximum Gasteiger partial charge on any atom is 0.220 e. The number of aromatic nitrogens is 4. The lowest BCUT2D eigenvalue weighted by Gasteiger charge is -2.13. The van der Waals surface area contributed by atoms with Gasteiger partial charge in [-0.3, -0.25) is 14.1 Å². The van der Waals surface area contributed by atoms with Crippen LogP contribution < -0.4 is 0 Å². The van der Waals surface area contributed by atoms with Gasteiger partial charge in [-0.1, -0.05) is 66.7 Å². The van der Waals surface area contributed by atoms with Gasteiger partial charge >= 0.3 is 0 Å². The van der Waals surface area contributed by atoms with Crippen LogP contribution in [0.15, 0.2) is 126 Å². The molecular formula is C34H20N4O. The predicted molar refractivity (Wildman–Crippen MR) is 158 cm³/mol. The summed E-state index contributed by atoms with van der Waals surface area (Å²) in [7, 11) is 0. The molecule has 0 amide bonds. The Kier molecular flexibility index (Phi) is 3.99. The molecule has 4 heterocycles. The third-order valence-electron chi connectivity index (χ3n) is 7.77. The third-order valence-corrected chi connectivity index (χ3v) is 7.77. The molecule has 4 aromatic heterocycles. The number of fused-ring (bicyclic) bond motifs is 10. The summed E-state index contributed by atoms with van der Waals surface area (Å²) in [5.41, 5.74) is 7.74. The fraction of sp³-hybridized carbons (Fsp3) is 0. The van der Waals surface area contributed by atoms with Gasteiger partial charge in [0.25, 0.3) is 0 Å². The highest BCUT2D eigenvalue weighted by atomic mass is 16.3. The normalized spacial score (nSPS) is 12.1. The molecule has 0 aliphatic heterocycles. The van der Waals surface area contributed by atoms with Crippen molar-refractivity contribution in [1.82, 2.24) is 19.1 Å². The van der Waals surface area contributed by atoms with Crippen LogP contribution in [0, 0.1) is 0 Å². The Morgan fingerprint density at radius 3 is 2.15 bits per heavy atom. The van der Waals surface area contributed by atoms with Gasteiger partial charge in [0.15, 0.2) is 5.58 Å². The summed E-state index contributed by atoms with van der Waals surface area (Å²) in [5, 5.41) is 5.42. The topological polar surface area (TPSA) is 48.8 Å². The molecule has 182 valence electrons. The van der Waals surface area contributed by atoms with Gasteiger partial charge in [-0.15, -0.1) is 0 Å². The minimum Gasteiger partial charge on any atom is -0.454 e. The van der Waals surface area contributed by atoms with E-state index in [0.29, 0.717) is 0 Å². The van der Waals surface area contributed by atoms with E-state index in [9.17, 15) is 0 Å². The Hall–Kier alpha value is -5.42. The van der Waals surface area contributed by atoms with Crippen molar-refractivity contribution in [2.24, 2.45) is 0 Å². The molecule has 0 radical (unpaired) electrons. The Balaban J connectivity index is 1.50. The first-order chi connectivity index (χ1) is 19.4. The van der Waals surface area contributed by atoms with Gasteiger partial charge in [-0.2, -0.15) is 0 Å². The van der Waals surface area contributed by atoms with Gasteiger partial charge in [0.1, 0.15) is 11.1 Å². The minimum atomic E-state index is 0.809. The molecule has 5 heteroatoms. The summed E-state index contributed by atoms with van der Waals surface area (Å²) in [6.07, 6.45) is 1.98. The number of hydrogen-bond acceptors (Lipinski definition) is 3. The number of para-hydroxylation sites is 5. The van der Waals surface area contributed by atoms with Crippen molar-refractivity contribution in [3.63, 3.8) is 0 Å². The lowest BCUT2D eigenvalue weighted by molar-refractivity contribution is 0.671. The first kappa shape index (κ1) is 20.6. The molecule has 39 heavy (non-hydrogen) atoms. The van der Waals surface area contributed by atoms with E-state index in [0.717, 1.165) is 77.3 Å². The van der Waals surface area contributed by atoms with Crippen LogP contribution in [-0.2, 0) is 0 Å². The maximum absolute atomic E-state index is 6.38. The Morgan fingerprint density at radius 2 is 1.26 bits per heavy atom. The molecule has 0 atom stereocenters. The third kappa shape index (κ3) is 2.73. The van der Waals surface area contributed by atoms with Crippen molar-refractivity contribution >= 4 is 65.7 Å².